The van der Waals surface area contributed by atoms with Gasteiger partial charge >= 0.3 is 0 Å². The molecule has 0 heterocycles. The molecule has 0 saturated heterocycles. The summed E-state index contributed by atoms with van der Waals surface area (Å²) in [7, 11) is -2.21. The highest BCUT2D eigenvalue weighted by atomic mass is 32.2. The lowest BCUT2D eigenvalue weighted by Gasteiger charge is -2.26. The van der Waals surface area contributed by atoms with Crippen molar-refractivity contribution in [1.82, 2.24) is 0 Å². The normalized spacial score (nSPS) is 17.9. The minimum atomic E-state index is -3.78. The summed E-state index contributed by atoms with van der Waals surface area (Å²) in [4.78, 5) is 13.1. The Morgan fingerprint density at radius 3 is 2.03 bits per heavy atom. The second kappa shape index (κ2) is 12.8. The fourth-order valence-electron chi connectivity index (χ4n) is 5.81. The van der Waals surface area contributed by atoms with Gasteiger partial charge in [0, 0.05) is 18.9 Å². The first-order valence-electron chi connectivity index (χ1n) is 13.8. The summed E-state index contributed by atoms with van der Waals surface area (Å²) in [5.74, 6) is 1.63. The lowest BCUT2D eigenvalue weighted by molar-refractivity contribution is -0.123. The van der Waals surface area contributed by atoms with Crippen LogP contribution in [0.15, 0.2) is 53.4 Å². The van der Waals surface area contributed by atoms with Crippen LogP contribution in [0, 0.1) is 5.92 Å². The smallest absolute Gasteiger partial charge is 0.264 e. The van der Waals surface area contributed by atoms with Crippen LogP contribution in [-0.2, 0) is 14.8 Å². The molecule has 2 fully saturated rings. The van der Waals surface area contributed by atoms with E-state index in [1.807, 2.05) is 12.1 Å². The number of carbonyl (C=O) groups excluding carboxylic acids is 1. The number of ketones is 1. The first-order chi connectivity index (χ1) is 17.5. The first-order valence-corrected chi connectivity index (χ1v) is 15.2. The number of hydrogen-bond acceptors (Lipinski definition) is 4. The molecule has 6 heteroatoms. The van der Waals surface area contributed by atoms with Crippen LogP contribution >= 0.6 is 0 Å². The highest BCUT2D eigenvalue weighted by molar-refractivity contribution is 7.92. The average molecular weight is 512 g/mol. The molecule has 0 spiro atoms. The van der Waals surface area contributed by atoms with Gasteiger partial charge in [-0.2, -0.15) is 0 Å². The molecule has 0 radical (unpaired) electrons. The Morgan fingerprint density at radius 2 is 1.42 bits per heavy atom. The Hall–Kier alpha value is -2.34. The molecule has 2 saturated carbocycles. The minimum Gasteiger partial charge on any atom is -0.497 e. The lowest BCUT2D eigenvalue weighted by atomic mass is 9.84. The first kappa shape index (κ1) is 26.7. The summed E-state index contributed by atoms with van der Waals surface area (Å²) in [5, 5.41) is 0. The minimum absolute atomic E-state index is 0.147. The summed E-state index contributed by atoms with van der Waals surface area (Å²) >= 11 is 0. The molecule has 0 amide bonds. The molecular formula is C30H41NO4S. The SMILES string of the molecule is COc1ccc(S(=O)(=O)N(CCCC(=O)C2CCCCCC2)c2ccc(C3CCCCC3)cc2)cc1. The van der Waals surface area contributed by atoms with E-state index >= 15 is 0 Å². The zero-order chi connectivity index (χ0) is 25.4. The standard InChI is InChI=1S/C30H41NO4S/c1-35-28-19-21-29(22-20-28)36(33,34)31(23-9-14-30(32)26-12-5-2-3-6-13-26)27-17-15-25(16-18-27)24-10-7-4-8-11-24/h15-22,24,26H,2-14,23H2,1H3. The molecule has 0 aliphatic heterocycles. The molecule has 2 aliphatic rings. The van der Waals surface area contributed by atoms with Crippen molar-refractivity contribution >= 4 is 21.5 Å². The van der Waals surface area contributed by atoms with E-state index in [2.05, 4.69) is 12.1 Å². The number of hydrogen-bond donors (Lipinski definition) is 0. The Balaban J connectivity index is 1.52. The Labute approximate surface area is 217 Å². The molecule has 0 aromatic heterocycles. The van der Waals surface area contributed by atoms with E-state index in [9.17, 15) is 13.2 Å². The number of carbonyl (C=O) groups is 1. The Kier molecular flexibility index (Phi) is 9.47. The molecule has 196 valence electrons. The fraction of sp³-hybridized carbons (Fsp3) is 0.567. The zero-order valence-electron chi connectivity index (χ0n) is 21.7. The van der Waals surface area contributed by atoms with Crippen molar-refractivity contribution in [3.63, 3.8) is 0 Å². The topological polar surface area (TPSA) is 63.7 Å². The highest BCUT2D eigenvalue weighted by Crippen LogP contribution is 2.34. The highest BCUT2D eigenvalue weighted by Gasteiger charge is 2.27. The number of benzene rings is 2. The summed E-state index contributed by atoms with van der Waals surface area (Å²) in [6.45, 7) is 0.287. The van der Waals surface area contributed by atoms with Crippen molar-refractivity contribution in [2.45, 2.75) is 94.3 Å². The van der Waals surface area contributed by atoms with Gasteiger partial charge in [-0.3, -0.25) is 9.10 Å². The van der Waals surface area contributed by atoms with Crippen LogP contribution in [0.25, 0.3) is 0 Å². The van der Waals surface area contributed by atoms with E-state index in [0.29, 0.717) is 36.0 Å². The van der Waals surface area contributed by atoms with Crippen LogP contribution in [0.5, 0.6) is 5.75 Å². The number of anilines is 1. The van der Waals surface area contributed by atoms with Crippen LogP contribution in [-0.4, -0.2) is 27.9 Å². The molecule has 36 heavy (non-hydrogen) atoms. The van der Waals surface area contributed by atoms with E-state index in [1.54, 1.807) is 31.4 Å². The van der Waals surface area contributed by atoms with Crippen LogP contribution in [0.1, 0.15) is 95.0 Å². The van der Waals surface area contributed by atoms with Crippen molar-refractivity contribution in [1.29, 1.82) is 0 Å². The van der Waals surface area contributed by atoms with Crippen molar-refractivity contribution in [2.75, 3.05) is 18.0 Å². The largest absolute Gasteiger partial charge is 0.497 e. The number of rotatable bonds is 10. The quantitative estimate of drug-likeness (QED) is 0.315. The number of ether oxygens (including phenoxy) is 1. The van der Waals surface area contributed by atoms with Crippen molar-refractivity contribution in [3.8, 4) is 5.75 Å². The molecule has 2 aliphatic carbocycles. The van der Waals surface area contributed by atoms with Crippen LogP contribution in [0.3, 0.4) is 0 Å². The van der Waals surface area contributed by atoms with Crippen molar-refractivity contribution in [3.05, 3.63) is 54.1 Å². The van der Waals surface area contributed by atoms with Gasteiger partial charge in [0.1, 0.15) is 11.5 Å². The third-order valence-electron chi connectivity index (χ3n) is 8.00. The van der Waals surface area contributed by atoms with Crippen molar-refractivity contribution in [2.24, 2.45) is 5.92 Å². The maximum Gasteiger partial charge on any atom is 0.264 e. The van der Waals surface area contributed by atoms with Gasteiger partial charge in [-0.15, -0.1) is 0 Å². The summed E-state index contributed by atoms with van der Waals surface area (Å²) in [6, 6.07) is 14.6. The molecule has 0 atom stereocenters. The fourth-order valence-corrected chi connectivity index (χ4v) is 7.32. The maximum atomic E-state index is 13.7. The lowest BCUT2D eigenvalue weighted by Crippen LogP contribution is -2.32. The number of nitrogens with zero attached hydrogens (tertiary/aromatic N) is 1. The van der Waals surface area contributed by atoms with E-state index in [-0.39, 0.29) is 17.4 Å². The predicted molar refractivity (Wildman–Crippen MR) is 145 cm³/mol. The Bertz CT molecular complexity index is 1060. The Morgan fingerprint density at radius 1 is 0.833 bits per heavy atom. The summed E-state index contributed by atoms with van der Waals surface area (Å²) < 4.78 is 34.2. The van der Waals surface area contributed by atoms with Crippen LogP contribution < -0.4 is 9.04 Å². The third-order valence-corrected chi connectivity index (χ3v) is 9.84. The van der Waals surface area contributed by atoms with Crippen molar-refractivity contribution < 1.29 is 17.9 Å². The van der Waals surface area contributed by atoms with Gasteiger partial charge in [0.05, 0.1) is 17.7 Å². The maximum absolute atomic E-state index is 13.7. The van der Waals surface area contributed by atoms with Gasteiger partial charge in [0.2, 0.25) is 0 Å². The molecule has 0 bridgehead atoms. The van der Waals surface area contributed by atoms with Gasteiger partial charge in [0.25, 0.3) is 10.0 Å². The molecule has 0 N–H and O–H groups in total. The predicted octanol–water partition coefficient (Wildman–Crippen LogP) is 7.26. The monoisotopic (exact) mass is 511 g/mol. The second-order valence-corrected chi connectivity index (χ2v) is 12.3. The van der Waals surface area contributed by atoms with Gasteiger partial charge in [-0.25, -0.2) is 8.42 Å². The second-order valence-electron chi connectivity index (χ2n) is 10.4. The molecular weight excluding hydrogens is 470 g/mol. The van der Waals surface area contributed by atoms with E-state index in [4.69, 9.17) is 4.74 Å². The summed E-state index contributed by atoms with van der Waals surface area (Å²) in [5.41, 5.74) is 1.95. The van der Waals surface area contributed by atoms with E-state index in [1.165, 1.54) is 54.8 Å². The van der Waals surface area contributed by atoms with Gasteiger partial charge in [-0.05, 0) is 80.0 Å². The number of sulfonamides is 1. The van der Waals surface area contributed by atoms with E-state index in [0.717, 1.165) is 25.7 Å². The third kappa shape index (κ3) is 6.70. The molecule has 0 unspecified atom stereocenters. The van der Waals surface area contributed by atoms with Gasteiger partial charge in [0.15, 0.2) is 0 Å². The summed E-state index contributed by atoms with van der Waals surface area (Å²) in [6.07, 6.45) is 13.8. The molecule has 5 nitrogen and oxygen atoms in total. The number of methoxy groups -OCH3 is 1. The van der Waals surface area contributed by atoms with E-state index < -0.39 is 10.0 Å². The van der Waals surface area contributed by atoms with Crippen LogP contribution in [0.4, 0.5) is 5.69 Å². The molecule has 2 aromatic carbocycles. The van der Waals surface area contributed by atoms with Gasteiger partial charge in [-0.1, -0.05) is 57.1 Å². The number of Topliss-reactive ketones (excluding diaryl/α,β-unsaturated/α-hetero) is 1. The van der Waals surface area contributed by atoms with Crippen LogP contribution in [0.2, 0.25) is 0 Å². The average Bonchev–Trinajstić information content (AvgIpc) is 3.21. The van der Waals surface area contributed by atoms with Gasteiger partial charge < -0.3 is 4.74 Å². The molecule has 2 aromatic rings. The molecule has 4 rings (SSSR count). The zero-order valence-corrected chi connectivity index (χ0v) is 22.5.